The smallest absolute Gasteiger partial charge is 0.235 e. The molecule has 1 heterocycles. The first-order valence-electron chi connectivity index (χ1n) is 13.7. The number of hydrogen-bond acceptors (Lipinski definition) is 7. The van der Waals surface area contributed by atoms with Crippen LogP contribution >= 0.6 is 0 Å². The van der Waals surface area contributed by atoms with Crippen LogP contribution in [-0.4, -0.2) is 38.1 Å². The number of aromatic hydroxyl groups is 1. The third kappa shape index (κ3) is 7.67. The number of rotatable bonds is 17. The second-order valence-electron chi connectivity index (χ2n) is 9.70. The van der Waals surface area contributed by atoms with E-state index < -0.39 is 11.2 Å². The minimum absolute atomic E-state index is 0.0726. The van der Waals surface area contributed by atoms with Gasteiger partial charge in [0.15, 0.2) is 17.3 Å². The van der Waals surface area contributed by atoms with Crippen LogP contribution < -0.4 is 19.6 Å². The number of fused-ring (bicyclic) bond motifs is 1. The van der Waals surface area contributed by atoms with Crippen molar-refractivity contribution in [2.24, 2.45) is 0 Å². The molecule has 0 aliphatic heterocycles. The number of aryl methyl sites for hydroxylation is 1. The Labute approximate surface area is 225 Å². The van der Waals surface area contributed by atoms with Crippen molar-refractivity contribution in [3.8, 4) is 34.3 Å². The quantitative estimate of drug-likeness (QED) is 0.182. The van der Waals surface area contributed by atoms with Crippen molar-refractivity contribution >= 4 is 11.0 Å². The molecular formula is C31H42O7. The predicted molar refractivity (Wildman–Crippen MR) is 151 cm³/mol. The van der Waals surface area contributed by atoms with Gasteiger partial charge in [-0.2, -0.15) is 0 Å². The van der Waals surface area contributed by atoms with Crippen molar-refractivity contribution in [2.75, 3.05) is 27.9 Å². The Morgan fingerprint density at radius 3 is 1.87 bits per heavy atom. The summed E-state index contributed by atoms with van der Waals surface area (Å²) in [4.78, 5) is 13.1. The van der Waals surface area contributed by atoms with Gasteiger partial charge in [-0.15, -0.1) is 0 Å². The first-order chi connectivity index (χ1) is 18.5. The normalized spacial score (nSPS) is 11.2. The number of hydrogen-bond donors (Lipinski definition) is 2. The summed E-state index contributed by atoms with van der Waals surface area (Å²) in [6, 6.07) is 8.58. The molecule has 0 aliphatic carbocycles. The molecule has 3 aromatic rings. The van der Waals surface area contributed by atoms with E-state index in [0.717, 1.165) is 37.7 Å². The fourth-order valence-corrected chi connectivity index (χ4v) is 4.83. The number of ether oxygens (including phenoxy) is 3. The highest BCUT2D eigenvalue weighted by Gasteiger charge is 2.19. The lowest BCUT2D eigenvalue weighted by Crippen LogP contribution is -2.05. The lowest BCUT2D eigenvalue weighted by Gasteiger charge is -2.13. The first-order valence-corrected chi connectivity index (χ1v) is 13.7. The molecule has 3 rings (SSSR count). The molecule has 0 radical (unpaired) electrons. The molecule has 7 heteroatoms. The van der Waals surface area contributed by atoms with Crippen LogP contribution in [0.5, 0.6) is 23.0 Å². The molecule has 0 atom stereocenters. The van der Waals surface area contributed by atoms with Gasteiger partial charge >= 0.3 is 0 Å². The van der Waals surface area contributed by atoms with E-state index in [1.165, 1.54) is 52.1 Å². The zero-order chi connectivity index (χ0) is 27.3. The molecule has 0 aliphatic rings. The molecule has 208 valence electrons. The van der Waals surface area contributed by atoms with E-state index in [2.05, 4.69) is 0 Å². The third-order valence-electron chi connectivity index (χ3n) is 7.02. The molecule has 0 spiro atoms. The summed E-state index contributed by atoms with van der Waals surface area (Å²) < 4.78 is 22.3. The van der Waals surface area contributed by atoms with Gasteiger partial charge in [0.1, 0.15) is 11.3 Å². The molecule has 0 bridgehead atoms. The molecule has 0 saturated heterocycles. The Hall–Kier alpha value is -3.19. The zero-order valence-electron chi connectivity index (χ0n) is 23.0. The first kappa shape index (κ1) is 29.4. The molecule has 7 nitrogen and oxygen atoms in total. The minimum Gasteiger partial charge on any atom is -0.502 e. The van der Waals surface area contributed by atoms with Crippen molar-refractivity contribution in [1.29, 1.82) is 0 Å². The van der Waals surface area contributed by atoms with E-state index in [9.17, 15) is 9.90 Å². The molecular weight excluding hydrogens is 484 g/mol. The van der Waals surface area contributed by atoms with Crippen LogP contribution in [0.3, 0.4) is 0 Å². The summed E-state index contributed by atoms with van der Waals surface area (Å²) in [5, 5.41) is 19.9. The average molecular weight is 527 g/mol. The van der Waals surface area contributed by atoms with E-state index in [1.54, 1.807) is 44.6 Å². The number of unbranched alkanes of at least 4 members (excludes halogenated alkanes) is 10. The van der Waals surface area contributed by atoms with Gasteiger partial charge in [-0.25, -0.2) is 0 Å². The van der Waals surface area contributed by atoms with Crippen molar-refractivity contribution in [3.63, 3.8) is 0 Å². The number of methoxy groups -OCH3 is 3. The molecule has 38 heavy (non-hydrogen) atoms. The largest absolute Gasteiger partial charge is 0.502 e. The van der Waals surface area contributed by atoms with E-state index in [4.69, 9.17) is 23.7 Å². The van der Waals surface area contributed by atoms with Crippen LogP contribution in [0.15, 0.2) is 39.5 Å². The van der Waals surface area contributed by atoms with Gasteiger partial charge in [-0.1, -0.05) is 57.8 Å². The van der Waals surface area contributed by atoms with Crippen LogP contribution in [0.25, 0.3) is 22.3 Å². The second kappa shape index (κ2) is 15.3. The fourth-order valence-electron chi connectivity index (χ4n) is 4.83. The Morgan fingerprint density at radius 1 is 0.711 bits per heavy atom. The van der Waals surface area contributed by atoms with Crippen molar-refractivity contribution in [3.05, 3.63) is 46.1 Å². The highest BCUT2D eigenvalue weighted by Crippen LogP contribution is 2.37. The third-order valence-corrected chi connectivity index (χ3v) is 7.02. The van der Waals surface area contributed by atoms with Crippen molar-refractivity contribution in [2.45, 2.75) is 77.0 Å². The fraction of sp³-hybridized carbons (Fsp3) is 0.516. The molecule has 0 unspecified atom stereocenters. The number of benzene rings is 2. The monoisotopic (exact) mass is 526 g/mol. The van der Waals surface area contributed by atoms with Crippen LogP contribution in [0.4, 0.5) is 0 Å². The van der Waals surface area contributed by atoms with Gasteiger partial charge in [0.05, 0.1) is 26.7 Å². The maximum Gasteiger partial charge on any atom is 0.235 e. The van der Waals surface area contributed by atoms with Gasteiger partial charge in [0.25, 0.3) is 0 Å². The van der Waals surface area contributed by atoms with E-state index in [-0.39, 0.29) is 5.76 Å². The van der Waals surface area contributed by atoms with Gasteiger partial charge in [0.2, 0.25) is 11.2 Å². The lowest BCUT2D eigenvalue weighted by molar-refractivity contribution is 0.282. The molecule has 2 N–H and O–H groups in total. The maximum atomic E-state index is 13.1. The molecule has 1 aromatic heterocycles. The number of aliphatic hydroxyl groups excluding tert-OH is 1. The van der Waals surface area contributed by atoms with Crippen LogP contribution in [0.1, 0.15) is 76.2 Å². The Balaban J connectivity index is 1.62. The second-order valence-corrected chi connectivity index (χ2v) is 9.70. The average Bonchev–Trinajstić information content (AvgIpc) is 2.94. The van der Waals surface area contributed by atoms with Crippen molar-refractivity contribution < 1.29 is 28.8 Å². The molecule has 0 fully saturated rings. The predicted octanol–water partition coefficient (Wildman–Crippen LogP) is 7.02. The summed E-state index contributed by atoms with van der Waals surface area (Å²) in [6.07, 6.45) is 13.7. The highest BCUT2D eigenvalue weighted by atomic mass is 16.5. The van der Waals surface area contributed by atoms with Gasteiger partial charge < -0.3 is 28.8 Å². The Bertz CT molecular complexity index is 1220. The highest BCUT2D eigenvalue weighted by molar-refractivity contribution is 5.84. The minimum atomic E-state index is -0.476. The lowest BCUT2D eigenvalue weighted by atomic mass is 10.0. The van der Waals surface area contributed by atoms with Gasteiger partial charge in [0, 0.05) is 18.2 Å². The van der Waals surface area contributed by atoms with E-state index in [1.807, 2.05) is 0 Å². The SMILES string of the molecule is COc1cc2oc(-c3ccc(OC)c(OC)c3)c(O)c(=O)c2cc1CCCCCCCCCCCCCO. The van der Waals surface area contributed by atoms with Crippen LogP contribution in [0.2, 0.25) is 0 Å². The van der Waals surface area contributed by atoms with E-state index in [0.29, 0.717) is 40.4 Å². The van der Waals surface area contributed by atoms with Gasteiger partial charge in [-0.05, 0) is 49.1 Å². The molecule has 0 amide bonds. The summed E-state index contributed by atoms with van der Waals surface area (Å²) in [5.41, 5.74) is 1.32. The Morgan fingerprint density at radius 2 is 1.29 bits per heavy atom. The topological polar surface area (TPSA) is 98.4 Å². The zero-order valence-corrected chi connectivity index (χ0v) is 23.0. The standard InChI is InChI=1S/C31H42O7/c1-35-25-17-16-23(20-28(25)37-3)31-30(34)29(33)24-19-22(26(36-2)21-27(24)38-31)15-13-11-9-7-5-4-6-8-10-12-14-18-32/h16-17,19-21,32,34H,4-15,18H2,1-3H3. The summed E-state index contributed by atoms with van der Waals surface area (Å²) in [5.74, 6) is 1.31. The van der Waals surface area contributed by atoms with Gasteiger partial charge in [-0.3, -0.25) is 4.79 Å². The maximum absolute atomic E-state index is 13.1. The van der Waals surface area contributed by atoms with Crippen LogP contribution in [0, 0.1) is 0 Å². The van der Waals surface area contributed by atoms with E-state index >= 15 is 0 Å². The molecule has 2 aromatic carbocycles. The number of aliphatic hydroxyl groups is 1. The summed E-state index contributed by atoms with van der Waals surface area (Å²) in [6.45, 7) is 0.308. The Kier molecular flexibility index (Phi) is 11.8. The van der Waals surface area contributed by atoms with Crippen molar-refractivity contribution in [1.82, 2.24) is 0 Å². The van der Waals surface area contributed by atoms with Crippen LogP contribution in [-0.2, 0) is 6.42 Å². The molecule has 0 saturated carbocycles. The summed E-state index contributed by atoms with van der Waals surface area (Å²) >= 11 is 0. The summed E-state index contributed by atoms with van der Waals surface area (Å²) in [7, 11) is 4.68.